The van der Waals surface area contributed by atoms with Crippen LogP contribution < -0.4 is 9.45 Å². The van der Waals surface area contributed by atoms with Gasteiger partial charge in [-0.3, -0.25) is 0 Å². The van der Waals surface area contributed by atoms with Gasteiger partial charge in [-0.1, -0.05) is 30.3 Å². The molecule has 1 aromatic carbocycles. The van der Waals surface area contributed by atoms with Crippen LogP contribution in [0.3, 0.4) is 0 Å². The quantitative estimate of drug-likeness (QED) is 0.512. The van der Waals surface area contributed by atoms with Crippen molar-refractivity contribution in [3.63, 3.8) is 0 Å². The molecule has 0 unspecified atom stereocenters. The SMILES string of the molecule is Cc1cc(C)[n+]([O-])c([C@H](CNS(C)(=O)=O)COC2CCC(c3ccccc3)CC2)c1. The van der Waals surface area contributed by atoms with Gasteiger partial charge >= 0.3 is 0 Å². The van der Waals surface area contributed by atoms with Crippen molar-refractivity contribution in [1.29, 1.82) is 0 Å². The van der Waals surface area contributed by atoms with Crippen molar-refractivity contribution in [2.24, 2.45) is 0 Å². The smallest absolute Gasteiger partial charge is 0.208 e. The fourth-order valence-corrected chi connectivity index (χ4v) is 4.75. The highest BCUT2D eigenvalue weighted by Crippen LogP contribution is 2.34. The number of rotatable bonds is 8. The molecule has 2 aromatic rings. The Labute approximate surface area is 179 Å². The van der Waals surface area contributed by atoms with Gasteiger partial charge in [-0.25, -0.2) is 13.1 Å². The van der Waals surface area contributed by atoms with Crippen LogP contribution in [0.5, 0.6) is 0 Å². The third kappa shape index (κ3) is 6.27. The second-order valence-electron chi connectivity index (χ2n) is 8.43. The number of sulfonamides is 1. The van der Waals surface area contributed by atoms with Crippen LogP contribution in [0.25, 0.3) is 0 Å². The molecule has 1 N–H and O–H groups in total. The Hall–Kier alpha value is -1.96. The molecule has 1 aliphatic carbocycles. The van der Waals surface area contributed by atoms with Gasteiger partial charge in [0.05, 0.1) is 24.9 Å². The molecule has 3 rings (SSSR count). The highest BCUT2D eigenvalue weighted by atomic mass is 32.2. The van der Waals surface area contributed by atoms with Gasteiger partial charge in [0, 0.05) is 25.6 Å². The van der Waals surface area contributed by atoms with E-state index in [9.17, 15) is 13.6 Å². The molecular weight excluding hydrogens is 400 g/mol. The standard InChI is InChI=1S/C23H32N2O4S/c1-17-13-18(2)25(26)23(14-17)21(15-24-30(3,27)28)16-29-22-11-9-20(10-12-22)19-7-5-4-6-8-19/h4-8,13-14,20-22,24H,9-12,15-16H2,1-3H3/t20?,21-,22?/m1/s1. The van der Waals surface area contributed by atoms with Gasteiger partial charge in [-0.15, -0.1) is 0 Å². The number of nitrogens with zero attached hydrogens (tertiary/aromatic N) is 1. The highest BCUT2D eigenvalue weighted by molar-refractivity contribution is 7.88. The number of aromatic nitrogens is 1. The lowest BCUT2D eigenvalue weighted by Crippen LogP contribution is -2.41. The highest BCUT2D eigenvalue weighted by Gasteiger charge is 2.27. The zero-order valence-electron chi connectivity index (χ0n) is 18.0. The predicted octanol–water partition coefficient (Wildman–Crippen LogP) is 3.31. The second kappa shape index (κ2) is 9.90. The molecule has 0 spiro atoms. The second-order valence-corrected chi connectivity index (χ2v) is 10.3. The van der Waals surface area contributed by atoms with Crippen LogP contribution in [-0.4, -0.2) is 33.9 Å². The van der Waals surface area contributed by atoms with Crippen LogP contribution in [0.1, 0.15) is 60.0 Å². The van der Waals surface area contributed by atoms with E-state index in [0.29, 0.717) is 23.9 Å². The third-order valence-corrected chi connectivity index (χ3v) is 6.55. The van der Waals surface area contributed by atoms with Gasteiger partial charge in [-0.2, -0.15) is 4.73 Å². The van der Waals surface area contributed by atoms with E-state index in [1.807, 2.05) is 25.1 Å². The Morgan fingerprint density at radius 2 is 1.80 bits per heavy atom. The molecule has 0 saturated heterocycles. The summed E-state index contributed by atoms with van der Waals surface area (Å²) in [4.78, 5) is 0. The van der Waals surface area contributed by atoms with E-state index < -0.39 is 10.0 Å². The molecule has 1 saturated carbocycles. The van der Waals surface area contributed by atoms with E-state index in [4.69, 9.17) is 4.74 Å². The van der Waals surface area contributed by atoms with Crippen molar-refractivity contribution in [3.8, 4) is 0 Å². The van der Waals surface area contributed by atoms with E-state index in [1.165, 1.54) is 5.56 Å². The zero-order valence-corrected chi connectivity index (χ0v) is 18.8. The summed E-state index contributed by atoms with van der Waals surface area (Å²) in [6, 6.07) is 14.2. The largest absolute Gasteiger partial charge is 0.618 e. The van der Waals surface area contributed by atoms with Gasteiger partial charge in [0.2, 0.25) is 10.0 Å². The molecule has 1 fully saturated rings. The summed E-state index contributed by atoms with van der Waals surface area (Å²) in [5.41, 5.74) is 3.50. The molecule has 0 aliphatic heterocycles. The molecule has 7 heteroatoms. The number of benzene rings is 1. The minimum absolute atomic E-state index is 0.136. The molecule has 1 atom stereocenters. The molecule has 1 aliphatic rings. The third-order valence-electron chi connectivity index (χ3n) is 5.86. The average molecular weight is 433 g/mol. The number of hydrogen-bond donors (Lipinski definition) is 1. The number of hydrogen-bond acceptors (Lipinski definition) is 4. The van der Waals surface area contributed by atoms with Gasteiger partial charge < -0.3 is 9.94 Å². The van der Waals surface area contributed by atoms with Crippen LogP contribution in [0, 0.1) is 19.1 Å². The van der Waals surface area contributed by atoms with E-state index in [0.717, 1.165) is 42.2 Å². The Morgan fingerprint density at radius 1 is 1.13 bits per heavy atom. The lowest BCUT2D eigenvalue weighted by molar-refractivity contribution is -0.622. The van der Waals surface area contributed by atoms with Crippen LogP contribution in [-0.2, 0) is 14.8 Å². The lowest BCUT2D eigenvalue weighted by Gasteiger charge is -2.30. The van der Waals surface area contributed by atoms with Gasteiger partial charge in [0.15, 0.2) is 11.4 Å². The molecule has 30 heavy (non-hydrogen) atoms. The summed E-state index contributed by atoms with van der Waals surface area (Å²) in [7, 11) is -3.36. The monoisotopic (exact) mass is 432 g/mol. The maximum Gasteiger partial charge on any atom is 0.208 e. The summed E-state index contributed by atoms with van der Waals surface area (Å²) < 4.78 is 32.9. The number of nitrogens with one attached hydrogen (secondary N) is 1. The first-order valence-electron chi connectivity index (χ1n) is 10.5. The van der Waals surface area contributed by atoms with Gasteiger partial charge in [-0.05, 0) is 49.7 Å². The zero-order chi connectivity index (χ0) is 21.7. The minimum Gasteiger partial charge on any atom is -0.618 e. The van der Waals surface area contributed by atoms with Gasteiger partial charge in [0.25, 0.3) is 0 Å². The molecular formula is C23H32N2O4S. The Morgan fingerprint density at radius 3 is 2.43 bits per heavy atom. The number of pyridine rings is 1. The Bertz CT molecular complexity index is 939. The van der Waals surface area contributed by atoms with E-state index >= 15 is 0 Å². The predicted molar refractivity (Wildman–Crippen MR) is 118 cm³/mol. The minimum atomic E-state index is -3.36. The molecule has 0 bridgehead atoms. The Balaban J connectivity index is 1.64. The van der Waals surface area contributed by atoms with Crippen molar-refractivity contribution in [2.75, 3.05) is 19.4 Å². The van der Waals surface area contributed by atoms with Crippen LogP contribution in [0.15, 0.2) is 42.5 Å². The first-order valence-corrected chi connectivity index (χ1v) is 12.4. The van der Waals surface area contributed by atoms with Crippen molar-refractivity contribution >= 4 is 10.0 Å². The van der Waals surface area contributed by atoms with Crippen molar-refractivity contribution in [2.45, 2.75) is 57.5 Å². The maximum atomic E-state index is 12.6. The molecule has 1 aromatic heterocycles. The van der Waals surface area contributed by atoms with E-state index in [1.54, 1.807) is 6.92 Å². The summed E-state index contributed by atoms with van der Waals surface area (Å²) in [5.74, 6) is 0.222. The van der Waals surface area contributed by atoms with E-state index in [-0.39, 0.29) is 18.6 Å². The fraction of sp³-hybridized carbons (Fsp3) is 0.522. The van der Waals surface area contributed by atoms with Crippen LogP contribution in [0.4, 0.5) is 0 Å². The summed E-state index contributed by atoms with van der Waals surface area (Å²) in [6.45, 7) is 4.15. The van der Waals surface area contributed by atoms with Crippen molar-refractivity contribution in [3.05, 3.63) is 70.2 Å². The van der Waals surface area contributed by atoms with E-state index in [2.05, 4.69) is 29.0 Å². The number of ether oxygens (including phenoxy) is 1. The topological polar surface area (TPSA) is 82.3 Å². The van der Waals surface area contributed by atoms with Crippen molar-refractivity contribution in [1.82, 2.24) is 4.72 Å². The number of aryl methyl sites for hydroxylation is 2. The normalized spacial score (nSPS) is 20.8. The molecule has 1 heterocycles. The Kier molecular flexibility index (Phi) is 7.50. The van der Waals surface area contributed by atoms with Crippen LogP contribution in [0.2, 0.25) is 0 Å². The van der Waals surface area contributed by atoms with Gasteiger partial charge in [0.1, 0.15) is 0 Å². The average Bonchev–Trinajstić information content (AvgIpc) is 2.71. The fourth-order valence-electron chi connectivity index (χ4n) is 4.25. The molecule has 164 valence electrons. The van der Waals surface area contributed by atoms with Crippen molar-refractivity contribution < 1.29 is 17.9 Å². The lowest BCUT2D eigenvalue weighted by atomic mass is 9.83. The molecule has 0 amide bonds. The molecule has 6 nitrogen and oxygen atoms in total. The summed E-state index contributed by atoms with van der Waals surface area (Å²) >= 11 is 0. The molecule has 0 radical (unpaired) electrons. The first-order chi connectivity index (χ1) is 14.2. The summed E-state index contributed by atoms with van der Waals surface area (Å²) in [5, 5.41) is 12.6. The van der Waals surface area contributed by atoms with Crippen LogP contribution >= 0.6 is 0 Å². The summed E-state index contributed by atoms with van der Waals surface area (Å²) in [6.07, 6.45) is 5.35. The maximum absolute atomic E-state index is 12.6. The first kappa shape index (κ1) is 22.7.